The van der Waals surface area contributed by atoms with Gasteiger partial charge in [0.25, 0.3) is 6.47 Å². The minimum atomic E-state index is -6.61. The van der Waals surface area contributed by atoms with Crippen molar-refractivity contribution in [2.45, 2.75) is 18.6 Å². The molecule has 4 rings (SSSR count). The minimum absolute atomic E-state index is 0.0594. The van der Waals surface area contributed by atoms with Crippen molar-refractivity contribution in [1.29, 1.82) is 0 Å². The number of aromatic carboxylic acids is 1. The lowest BCUT2D eigenvalue weighted by atomic mass is 9.86. The third-order valence-corrected chi connectivity index (χ3v) is 10.7. The standard InChI is InChI=1S/C24H13F7O8SSi/c1-41(2)21-12(6-14(25)19(33)17(21)27)16(11-5-9(38-8-32)3-4-10(11)23(34)35)13-7-15(26)20(18(28)22(13)41)39-40(36,37)24(29,30)31/h3-8H,1-2H3,(H,34,35). The normalized spacial score (nSPS) is 16.6. The number of carbonyl (C=O) groups is 3. The number of fused-ring (bicyclic) bond motifs is 2. The highest BCUT2D eigenvalue weighted by atomic mass is 32.2. The van der Waals surface area contributed by atoms with E-state index in [0.717, 1.165) is 31.3 Å². The number of carboxylic acids is 1. The van der Waals surface area contributed by atoms with E-state index in [4.69, 9.17) is 4.74 Å². The van der Waals surface area contributed by atoms with Crippen molar-refractivity contribution in [3.63, 3.8) is 0 Å². The molecule has 0 bridgehead atoms. The predicted octanol–water partition coefficient (Wildman–Crippen LogP) is 4.36. The molecule has 1 heterocycles. The van der Waals surface area contributed by atoms with Crippen LogP contribution in [0.3, 0.4) is 0 Å². The lowest BCUT2D eigenvalue weighted by molar-refractivity contribution is -0.120. The molecule has 1 aliphatic heterocycles. The molecular weight excluding hydrogens is 609 g/mol. The van der Waals surface area contributed by atoms with E-state index < -0.39 is 103 Å². The molecule has 0 fully saturated rings. The van der Waals surface area contributed by atoms with Crippen molar-refractivity contribution in [2.75, 3.05) is 0 Å². The van der Waals surface area contributed by atoms with Crippen molar-refractivity contribution < 1.29 is 67.6 Å². The van der Waals surface area contributed by atoms with Crippen molar-refractivity contribution in [3.8, 4) is 11.5 Å². The predicted molar refractivity (Wildman–Crippen MR) is 128 cm³/mol. The summed E-state index contributed by atoms with van der Waals surface area (Å²) >= 11 is 0. The van der Waals surface area contributed by atoms with Crippen molar-refractivity contribution in [3.05, 3.63) is 81.1 Å². The second-order valence-corrected chi connectivity index (χ2v) is 14.8. The van der Waals surface area contributed by atoms with Crippen LogP contribution in [0, 0.1) is 11.6 Å². The Morgan fingerprint density at radius 2 is 1.68 bits per heavy atom. The molecule has 41 heavy (non-hydrogen) atoms. The van der Waals surface area contributed by atoms with E-state index in [1.807, 2.05) is 0 Å². The van der Waals surface area contributed by atoms with Crippen LogP contribution in [0.1, 0.15) is 21.5 Å². The summed E-state index contributed by atoms with van der Waals surface area (Å²) in [6.07, 6.45) is 0.501. The summed E-state index contributed by atoms with van der Waals surface area (Å²) in [4.78, 5) is 35.2. The van der Waals surface area contributed by atoms with Gasteiger partial charge < -0.3 is 14.0 Å². The van der Waals surface area contributed by atoms with E-state index in [9.17, 15) is 45.5 Å². The number of hydrogen-bond acceptors (Lipinski definition) is 7. The fraction of sp³-hybridized carbons (Fsp3) is 0.125. The van der Waals surface area contributed by atoms with E-state index >= 15 is 13.2 Å². The molecule has 8 nitrogen and oxygen atoms in total. The quantitative estimate of drug-likeness (QED) is 0.166. The Hall–Kier alpha value is -4.25. The molecule has 0 saturated carbocycles. The molecule has 1 N–H and O–H groups in total. The highest BCUT2D eigenvalue weighted by Crippen LogP contribution is 2.47. The van der Waals surface area contributed by atoms with Gasteiger partial charge in [-0.05, 0) is 57.4 Å². The molecule has 2 aromatic rings. The summed E-state index contributed by atoms with van der Waals surface area (Å²) in [7, 11) is -10.7. The van der Waals surface area contributed by atoms with Gasteiger partial charge in [0.2, 0.25) is 11.5 Å². The maximum atomic E-state index is 15.9. The van der Waals surface area contributed by atoms with Gasteiger partial charge in [0, 0.05) is 5.56 Å². The van der Waals surface area contributed by atoms with Gasteiger partial charge in [-0.2, -0.15) is 21.6 Å². The van der Waals surface area contributed by atoms with Crippen LogP contribution in [-0.2, 0) is 19.7 Å². The summed E-state index contributed by atoms with van der Waals surface area (Å²) in [6, 6.07) is 3.07. The lowest BCUT2D eigenvalue weighted by Crippen LogP contribution is -2.52. The largest absolute Gasteiger partial charge is 0.534 e. The number of halogens is 7. The van der Waals surface area contributed by atoms with Crippen LogP contribution in [0.4, 0.5) is 30.7 Å². The molecule has 17 heteroatoms. The molecule has 0 atom stereocenters. The Labute approximate surface area is 226 Å². The molecular formula is C24H13F7O8SSi. The van der Waals surface area contributed by atoms with E-state index in [2.05, 4.69) is 4.18 Å². The van der Waals surface area contributed by atoms with Crippen LogP contribution in [0.25, 0.3) is 5.57 Å². The third kappa shape index (κ3) is 4.63. The molecule has 0 unspecified atom stereocenters. The summed E-state index contributed by atoms with van der Waals surface area (Å²) in [5, 5.41) is 8.32. The van der Waals surface area contributed by atoms with Crippen LogP contribution in [-0.4, -0.2) is 45.3 Å². The summed E-state index contributed by atoms with van der Waals surface area (Å²) in [5.74, 6) is -13.2. The molecule has 0 saturated heterocycles. The third-order valence-electron chi connectivity index (χ3n) is 6.29. The maximum Gasteiger partial charge on any atom is 0.534 e. The van der Waals surface area contributed by atoms with Gasteiger partial charge in [0.05, 0.1) is 5.56 Å². The van der Waals surface area contributed by atoms with Crippen LogP contribution < -0.4 is 14.1 Å². The average Bonchev–Trinajstić information content (AvgIpc) is 2.84. The van der Waals surface area contributed by atoms with Crippen LogP contribution in [0.2, 0.25) is 13.1 Å². The first-order valence-electron chi connectivity index (χ1n) is 10.9. The number of benzene rings is 2. The fourth-order valence-electron chi connectivity index (χ4n) is 4.66. The molecule has 0 amide bonds. The zero-order chi connectivity index (χ0) is 30.8. The summed E-state index contributed by atoms with van der Waals surface area (Å²) < 4.78 is 132. The number of Topliss-reactive ketones (excluding diaryl/α,β-unsaturated/α-hetero) is 1. The van der Waals surface area contributed by atoms with Gasteiger partial charge in [-0.15, -0.1) is 0 Å². The number of allylic oxidation sites excluding steroid dienone is 5. The average molecular weight is 622 g/mol. The van der Waals surface area contributed by atoms with Crippen molar-refractivity contribution in [1.82, 2.24) is 0 Å². The molecule has 0 spiro atoms. The highest BCUT2D eigenvalue weighted by molar-refractivity contribution is 7.88. The Morgan fingerprint density at radius 1 is 1.05 bits per heavy atom. The smallest absolute Gasteiger partial charge is 0.478 e. The molecule has 0 aromatic heterocycles. The number of rotatable bonds is 6. The van der Waals surface area contributed by atoms with Crippen LogP contribution in [0.5, 0.6) is 11.5 Å². The number of ketones is 1. The molecule has 2 aliphatic rings. The van der Waals surface area contributed by atoms with Crippen molar-refractivity contribution >= 4 is 47.2 Å². The molecule has 0 radical (unpaired) electrons. The zero-order valence-corrected chi connectivity index (χ0v) is 22.1. The first-order chi connectivity index (χ1) is 18.8. The Bertz CT molecular complexity index is 1770. The molecule has 2 aromatic carbocycles. The fourth-order valence-corrected chi connectivity index (χ4v) is 8.44. The number of carboxylic acid groups (broad SMARTS) is 1. The van der Waals surface area contributed by atoms with Gasteiger partial charge in [-0.1, -0.05) is 13.1 Å². The minimum Gasteiger partial charge on any atom is -0.478 e. The maximum absolute atomic E-state index is 15.9. The first-order valence-corrected chi connectivity index (χ1v) is 15.3. The number of ether oxygens (including phenoxy) is 1. The number of carbonyl (C=O) groups excluding carboxylic acids is 2. The second kappa shape index (κ2) is 9.69. The van der Waals surface area contributed by atoms with Gasteiger partial charge >= 0.3 is 21.6 Å². The van der Waals surface area contributed by atoms with Gasteiger partial charge in [0.1, 0.15) is 13.8 Å². The lowest BCUT2D eigenvalue weighted by Gasteiger charge is -2.38. The SMILES string of the molecule is C[Si]1(C)C2=C(F)C(=O)C(F)=CC2=C(c2cc(OC=O)ccc2C(=O)O)c2cc(F)c(OS(=O)(=O)C(F)(F)F)c(F)c21. The monoisotopic (exact) mass is 622 g/mol. The Morgan fingerprint density at radius 3 is 2.24 bits per heavy atom. The summed E-state index contributed by atoms with van der Waals surface area (Å²) in [6.45, 7) is 2.24. The second-order valence-electron chi connectivity index (χ2n) is 9.06. The van der Waals surface area contributed by atoms with Gasteiger partial charge in [-0.25, -0.2) is 22.4 Å². The van der Waals surface area contributed by atoms with Gasteiger partial charge in [-0.3, -0.25) is 9.59 Å². The van der Waals surface area contributed by atoms with E-state index in [1.165, 1.54) is 0 Å². The van der Waals surface area contributed by atoms with Crippen LogP contribution >= 0.6 is 0 Å². The zero-order valence-electron chi connectivity index (χ0n) is 20.3. The molecule has 216 valence electrons. The summed E-state index contributed by atoms with van der Waals surface area (Å²) in [5.41, 5.74) is -9.05. The van der Waals surface area contributed by atoms with E-state index in [0.29, 0.717) is 12.1 Å². The Kier molecular flexibility index (Phi) is 7.02. The van der Waals surface area contributed by atoms with E-state index in [1.54, 1.807) is 0 Å². The van der Waals surface area contributed by atoms with Crippen molar-refractivity contribution in [2.24, 2.45) is 0 Å². The van der Waals surface area contributed by atoms with Gasteiger partial charge in [0.15, 0.2) is 23.3 Å². The first kappa shape index (κ1) is 29.7. The van der Waals surface area contributed by atoms with Crippen LogP contribution in [0.15, 0.2) is 52.8 Å². The topological polar surface area (TPSA) is 124 Å². The Balaban J connectivity index is 2.22. The number of hydrogen-bond donors (Lipinski definition) is 1. The highest BCUT2D eigenvalue weighted by Gasteiger charge is 2.51. The molecule has 1 aliphatic carbocycles. The number of alkyl halides is 3. The van der Waals surface area contributed by atoms with E-state index in [-0.39, 0.29) is 12.2 Å².